The minimum Gasteiger partial charge on any atom is -0.497 e. The van der Waals surface area contributed by atoms with Crippen molar-refractivity contribution in [1.29, 1.82) is 5.26 Å². The molecule has 1 atom stereocenters. The van der Waals surface area contributed by atoms with Crippen molar-refractivity contribution in [2.24, 2.45) is 0 Å². The van der Waals surface area contributed by atoms with Crippen LogP contribution >= 0.6 is 0 Å². The number of aliphatic hydroxyl groups is 1. The molecule has 2 N–H and O–H groups in total. The Hall–Kier alpha value is -2.35. The fourth-order valence-corrected chi connectivity index (χ4v) is 2.05. The number of aliphatic hydroxyl groups excluding tert-OH is 1. The minimum absolute atomic E-state index is 0.448. The molecule has 2 aromatic rings. The Bertz CT molecular complexity index is 617. The first-order valence-corrected chi connectivity index (χ1v) is 6.74. The zero-order valence-corrected chi connectivity index (χ0v) is 11.9. The molecule has 0 aliphatic heterocycles. The van der Waals surface area contributed by atoms with Gasteiger partial charge < -0.3 is 15.2 Å². The smallest absolute Gasteiger partial charge is 0.118 e. The summed E-state index contributed by atoms with van der Waals surface area (Å²) in [6.45, 7) is 1.06. The Kier molecular flexibility index (Phi) is 5.33. The quantitative estimate of drug-likeness (QED) is 0.854. The molecular formula is C17H18N2O2. The summed E-state index contributed by atoms with van der Waals surface area (Å²) < 4.78 is 5.09. The van der Waals surface area contributed by atoms with Crippen LogP contribution in [0.3, 0.4) is 0 Å². The van der Waals surface area contributed by atoms with Gasteiger partial charge in [0.1, 0.15) is 5.75 Å². The Balaban J connectivity index is 1.85. The lowest BCUT2D eigenvalue weighted by atomic mass is 10.1. The van der Waals surface area contributed by atoms with Gasteiger partial charge in [0, 0.05) is 13.1 Å². The average molecular weight is 282 g/mol. The summed E-state index contributed by atoms with van der Waals surface area (Å²) in [4.78, 5) is 0. The van der Waals surface area contributed by atoms with E-state index in [4.69, 9.17) is 10.00 Å². The Morgan fingerprint density at radius 2 is 2.00 bits per heavy atom. The van der Waals surface area contributed by atoms with Crippen LogP contribution in [-0.4, -0.2) is 18.8 Å². The van der Waals surface area contributed by atoms with Gasteiger partial charge in [0.05, 0.1) is 24.8 Å². The van der Waals surface area contributed by atoms with E-state index in [-0.39, 0.29) is 0 Å². The first kappa shape index (κ1) is 15.0. The highest BCUT2D eigenvalue weighted by Gasteiger charge is 2.07. The summed E-state index contributed by atoms with van der Waals surface area (Å²) in [5.74, 6) is 0.771. The number of methoxy groups -OCH3 is 1. The van der Waals surface area contributed by atoms with Crippen molar-refractivity contribution in [2.75, 3.05) is 13.7 Å². The normalized spacial score (nSPS) is 11.7. The Labute approximate surface area is 124 Å². The second-order valence-corrected chi connectivity index (χ2v) is 4.73. The van der Waals surface area contributed by atoms with Crippen LogP contribution in [0.2, 0.25) is 0 Å². The monoisotopic (exact) mass is 282 g/mol. The van der Waals surface area contributed by atoms with Crippen LogP contribution in [0.25, 0.3) is 0 Å². The van der Waals surface area contributed by atoms with Crippen molar-refractivity contribution in [3.8, 4) is 11.8 Å². The molecule has 108 valence electrons. The number of hydrogen-bond donors (Lipinski definition) is 2. The van der Waals surface area contributed by atoms with Gasteiger partial charge in [-0.25, -0.2) is 0 Å². The van der Waals surface area contributed by atoms with Gasteiger partial charge in [-0.2, -0.15) is 5.26 Å². The van der Waals surface area contributed by atoms with Gasteiger partial charge in [0.15, 0.2) is 0 Å². The van der Waals surface area contributed by atoms with Gasteiger partial charge in [-0.05, 0) is 35.4 Å². The summed E-state index contributed by atoms with van der Waals surface area (Å²) in [6.07, 6.45) is -0.574. The number of benzene rings is 2. The van der Waals surface area contributed by atoms with Gasteiger partial charge in [0.25, 0.3) is 0 Å². The van der Waals surface area contributed by atoms with Crippen LogP contribution in [0.15, 0.2) is 48.5 Å². The maximum Gasteiger partial charge on any atom is 0.118 e. The third kappa shape index (κ3) is 4.32. The largest absolute Gasteiger partial charge is 0.497 e. The van der Waals surface area contributed by atoms with Crippen LogP contribution in [0.5, 0.6) is 5.75 Å². The highest BCUT2D eigenvalue weighted by Crippen LogP contribution is 2.17. The summed E-state index contributed by atoms with van der Waals surface area (Å²) in [6, 6.07) is 16.9. The first-order valence-electron chi connectivity index (χ1n) is 6.74. The van der Waals surface area contributed by atoms with E-state index in [0.717, 1.165) is 16.9 Å². The van der Waals surface area contributed by atoms with E-state index in [9.17, 15) is 5.11 Å². The molecule has 0 aliphatic carbocycles. The molecule has 0 saturated heterocycles. The van der Waals surface area contributed by atoms with Crippen LogP contribution in [-0.2, 0) is 6.54 Å². The topological polar surface area (TPSA) is 65.3 Å². The van der Waals surface area contributed by atoms with E-state index in [1.54, 1.807) is 13.2 Å². The predicted octanol–water partition coefficient (Wildman–Crippen LogP) is 2.39. The van der Waals surface area contributed by atoms with Crippen molar-refractivity contribution in [1.82, 2.24) is 5.32 Å². The van der Waals surface area contributed by atoms with Crippen LogP contribution in [0, 0.1) is 11.3 Å². The SMILES string of the molecule is COc1ccc(C(O)CNCc2cccc(C#N)c2)cc1. The van der Waals surface area contributed by atoms with E-state index >= 15 is 0 Å². The first-order chi connectivity index (χ1) is 10.2. The molecule has 4 nitrogen and oxygen atoms in total. The summed E-state index contributed by atoms with van der Waals surface area (Å²) >= 11 is 0. The van der Waals surface area contributed by atoms with Crippen molar-refractivity contribution >= 4 is 0 Å². The maximum absolute atomic E-state index is 10.1. The van der Waals surface area contributed by atoms with Gasteiger partial charge in [-0.1, -0.05) is 24.3 Å². The van der Waals surface area contributed by atoms with Gasteiger partial charge in [0.2, 0.25) is 0 Å². The van der Waals surface area contributed by atoms with Gasteiger partial charge in [-0.3, -0.25) is 0 Å². The van der Waals surface area contributed by atoms with Crippen molar-refractivity contribution in [3.05, 3.63) is 65.2 Å². The molecule has 2 rings (SSSR count). The lowest BCUT2D eigenvalue weighted by molar-refractivity contribution is 0.174. The molecule has 0 saturated carbocycles. The van der Waals surface area contributed by atoms with Crippen molar-refractivity contribution in [2.45, 2.75) is 12.6 Å². The Morgan fingerprint density at radius 1 is 1.24 bits per heavy atom. The van der Waals surface area contributed by atoms with E-state index in [2.05, 4.69) is 11.4 Å². The molecule has 0 heterocycles. The van der Waals surface area contributed by atoms with Gasteiger partial charge >= 0.3 is 0 Å². The molecule has 21 heavy (non-hydrogen) atoms. The molecule has 0 spiro atoms. The molecule has 0 radical (unpaired) electrons. The minimum atomic E-state index is -0.574. The zero-order chi connectivity index (χ0) is 15.1. The number of hydrogen-bond acceptors (Lipinski definition) is 4. The average Bonchev–Trinajstić information content (AvgIpc) is 2.55. The molecule has 1 unspecified atom stereocenters. The van der Waals surface area contributed by atoms with Gasteiger partial charge in [-0.15, -0.1) is 0 Å². The summed E-state index contributed by atoms with van der Waals surface area (Å²) in [7, 11) is 1.61. The number of nitriles is 1. The molecular weight excluding hydrogens is 264 g/mol. The molecule has 2 aromatic carbocycles. The number of nitrogens with zero attached hydrogens (tertiary/aromatic N) is 1. The third-order valence-corrected chi connectivity index (χ3v) is 3.22. The zero-order valence-electron chi connectivity index (χ0n) is 11.9. The maximum atomic E-state index is 10.1. The highest BCUT2D eigenvalue weighted by molar-refractivity contribution is 5.32. The standard InChI is InChI=1S/C17H18N2O2/c1-21-16-7-5-15(6-8-16)17(20)12-19-11-14-4-2-3-13(9-14)10-18/h2-9,17,19-20H,11-12H2,1H3. The van der Waals surface area contributed by atoms with Crippen LogP contribution < -0.4 is 10.1 Å². The fraction of sp³-hybridized carbons (Fsp3) is 0.235. The second-order valence-electron chi connectivity index (χ2n) is 4.73. The molecule has 0 aliphatic rings. The summed E-state index contributed by atoms with van der Waals surface area (Å²) in [5.41, 5.74) is 2.51. The number of ether oxygens (including phenoxy) is 1. The predicted molar refractivity (Wildman–Crippen MR) is 80.8 cm³/mol. The highest BCUT2D eigenvalue weighted by atomic mass is 16.5. The van der Waals surface area contributed by atoms with E-state index in [1.807, 2.05) is 42.5 Å². The number of rotatable bonds is 6. The molecule has 0 bridgehead atoms. The van der Waals surface area contributed by atoms with E-state index in [0.29, 0.717) is 18.7 Å². The summed E-state index contributed by atoms with van der Waals surface area (Å²) in [5, 5.41) is 22.1. The molecule has 0 fully saturated rings. The van der Waals surface area contributed by atoms with E-state index < -0.39 is 6.10 Å². The molecule has 4 heteroatoms. The van der Waals surface area contributed by atoms with Crippen molar-refractivity contribution in [3.63, 3.8) is 0 Å². The number of nitrogens with one attached hydrogen (secondary N) is 1. The van der Waals surface area contributed by atoms with Crippen LogP contribution in [0.4, 0.5) is 0 Å². The second kappa shape index (κ2) is 7.44. The Morgan fingerprint density at radius 3 is 2.67 bits per heavy atom. The third-order valence-electron chi connectivity index (χ3n) is 3.22. The molecule has 0 amide bonds. The van der Waals surface area contributed by atoms with Crippen LogP contribution in [0.1, 0.15) is 22.8 Å². The lowest BCUT2D eigenvalue weighted by Crippen LogP contribution is -2.21. The molecule has 0 aromatic heterocycles. The lowest BCUT2D eigenvalue weighted by Gasteiger charge is -2.13. The van der Waals surface area contributed by atoms with Crippen molar-refractivity contribution < 1.29 is 9.84 Å². The van der Waals surface area contributed by atoms with E-state index in [1.165, 1.54) is 0 Å². The fourth-order valence-electron chi connectivity index (χ4n) is 2.05.